The van der Waals surface area contributed by atoms with Crippen LogP contribution in [0.1, 0.15) is 42.1 Å². The third kappa shape index (κ3) is 3.51. The normalized spacial score (nSPS) is 18.2. The SMILES string of the molecule is CC(C)(NCc1c2ccc(-c3ccccc3)c1C2N1CC(C(=O)O)C1)c1ccc(F)cc1. The van der Waals surface area contributed by atoms with Crippen molar-refractivity contribution in [3.63, 3.8) is 0 Å². The molecule has 1 unspecified atom stereocenters. The number of hydrogen-bond acceptors (Lipinski definition) is 3. The lowest BCUT2D eigenvalue weighted by Gasteiger charge is -2.49. The molecule has 1 aliphatic carbocycles. The standard InChI is InChI=1S/C27H27FN2O2/c1-27(2,19-8-10-20(28)11-9-19)29-14-23-22-13-12-21(17-6-4-3-5-7-17)24(23)25(22)30-15-18(16-30)26(31)32/h3-13,18,25,29H,14-16H2,1-2H3,(H,31,32). The highest BCUT2D eigenvalue weighted by atomic mass is 19.1. The minimum absolute atomic E-state index is 0.163. The van der Waals surface area contributed by atoms with Crippen molar-refractivity contribution in [3.8, 4) is 11.1 Å². The summed E-state index contributed by atoms with van der Waals surface area (Å²) in [6.07, 6.45) is 0. The molecule has 2 bridgehead atoms. The number of rotatable bonds is 7. The first-order valence-electron chi connectivity index (χ1n) is 11.0. The van der Waals surface area contributed by atoms with Crippen LogP contribution in [-0.2, 0) is 16.9 Å². The molecule has 4 nitrogen and oxygen atoms in total. The van der Waals surface area contributed by atoms with E-state index in [2.05, 4.69) is 48.3 Å². The van der Waals surface area contributed by atoms with Crippen LogP contribution in [0.15, 0.2) is 66.7 Å². The Bertz CT molecular complexity index is 1150. The number of carbonyl (C=O) groups is 1. The van der Waals surface area contributed by atoms with E-state index in [4.69, 9.17) is 0 Å². The molecular formula is C27H27FN2O2. The molecule has 2 aliphatic rings. The van der Waals surface area contributed by atoms with E-state index in [1.165, 1.54) is 39.9 Å². The maximum atomic E-state index is 13.4. The van der Waals surface area contributed by atoms with Crippen LogP contribution in [0.25, 0.3) is 11.1 Å². The molecule has 3 aromatic rings. The Morgan fingerprint density at radius 1 is 1.06 bits per heavy atom. The van der Waals surface area contributed by atoms with Crippen molar-refractivity contribution in [2.24, 2.45) is 5.92 Å². The minimum atomic E-state index is -0.713. The van der Waals surface area contributed by atoms with Gasteiger partial charge in [-0.05, 0) is 59.4 Å². The Morgan fingerprint density at radius 2 is 1.75 bits per heavy atom. The number of hydrogen-bond donors (Lipinski definition) is 2. The molecule has 0 radical (unpaired) electrons. The highest BCUT2D eigenvalue weighted by molar-refractivity contribution is 5.77. The van der Waals surface area contributed by atoms with E-state index >= 15 is 0 Å². The minimum Gasteiger partial charge on any atom is -0.481 e. The summed E-state index contributed by atoms with van der Waals surface area (Å²) in [5.74, 6) is -1.22. The Hall–Kier alpha value is -3.02. The van der Waals surface area contributed by atoms with E-state index in [-0.39, 0.29) is 23.3 Å². The van der Waals surface area contributed by atoms with Crippen LogP contribution in [0.4, 0.5) is 4.39 Å². The fourth-order valence-electron chi connectivity index (χ4n) is 4.93. The van der Waals surface area contributed by atoms with Crippen LogP contribution >= 0.6 is 0 Å². The average molecular weight is 431 g/mol. The van der Waals surface area contributed by atoms with Crippen LogP contribution in [0.3, 0.4) is 0 Å². The summed E-state index contributed by atoms with van der Waals surface area (Å²) in [5, 5.41) is 13.0. The zero-order chi connectivity index (χ0) is 22.5. The van der Waals surface area contributed by atoms with E-state index in [0.717, 1.165) is 5.56 Å². The molecule has 5 heteroatoms. The van der Waals surface area contributed by atoms with Crippen LogP contribution < -0.4 is 5.32 Å². The van der Waals surface area contributed by atoms with Gasteiger partial charge in [-0.15, -0.1) is 0 Å². The Labute approximate surface area is 187 Å². The maximum absolute atomic E-state index is 13.4. The Kier molecular flexibility index (Phi) is 5.11. The predicted octanol–water partition coefficient (Wildman–Crippen LogP) is 4.94. The lowest BCUT2D eigenvalue weighted by atomic mass is 9.72. The van der Waals surface area contributed by atoms with E-state index in [1.54, 1.807) is 0 Å². The molecule has 1 fully saturated rings. The summed E-state index contributed by atoms with van der Waals surface area (Å²) >= 11 is 0. The van der Waals surface area contributed by atoms with Gasteiger partial charge in [0.1, 0.15) is 5.82 Å². The van der Waals surface area contributed by atoms with Crippen molar-refractivity contribution >= 4 is 5.97 Å². The fourth-order valence-corrected chi connectivity index (χ4v) is 4.93. The van der Waals surface area contributed by atoms with Crippen LogP contribution in [0.5, 0.6) is 0 Å². The van der Waals surface area contributed by atoms with Crippen molar-refractivity contribution in [1.82, 2.24) is 10.2 Å². The number of nitrogens with one attached hydrogen (secondary N) is 1. The molecule has 1 atom stereocenters. The molecular weight excluding hydrogens is 403 g/mol. The lowest BCUT2D eigenvalue weighted by molar-refractivity contribution is -0.148. The smallest absolute Gasteiger partial charge is 0.309 e. The average Bonchev–Trinajstić information content (AvgIpc) is 2.75. The molecule has 0 saturated carbocycles. The first-order valence-corrected chi connectivity index (χ1v) is 11.0. The molecule has 5 rings (SSSR count). The summed E-state index contributed by atoms with van der Waals surface area (Å²) < 4.78 is 13.4. The second-order valence-electron chi connectivity index (χ2n) is 9.34. The van der Waals surface area contributed by atoms with Crippen LogP contribution in [0.2, 0.25) is 0 Å². The number of benzene rings is 3. The van der Waals surface area contributed by atoms with Gasteiger partial charge in [-0.1, -0.05) is 54.6 Å². The second-order valence-corrected chi connectivity index (χ2v) is 9.34. The number of fused-ring (bicyclic) bond motifs is 2. The van der Waals surface area contributed by atoms with Gasteiger partial charge in [0.15, 0.2) is 0 Å². The second kappa shape index (κ2) is 7.84. The Morgan fingerprint density at radius 3 is 2.41 bits per heavy atom. The molecule has 1 aliphatic heterocycles. The highest BCUT2D eigenvalue weighted by Gasteiger charge is 2.45. The zero-order valence-electron chi connectivity index (χ0n) is 18.3. The number of nitrogens with zero attached hydrogens (tertiary/aromatic N) is 1. The molecule has 3 aromatic carbocycles. The van der Waals surface area contributed by atoms with Gasteiger partial charge in [0, 0.05) is 25.2 Å². The molecule has 0 spiro atoms. The Balaban J connectivity index is 1.43. The first-order chi connectivity index (χ1) is 15.3. The summed E-state index contributed by atoms with van der Waals surface area (Å²) in [4.78, 5) is 13.6. The molecule has 0 aromatic heterocycles. The van der Waals surface area contributed by atoms with Gasteiger partial charge >= 0.3 is 5.97 Å². The van der Waals surface area contributed by atoms with E-state index in [1.807, 2.05) is 30.3 Å². The predicted molar refractivity (Wildman–Crippen MR) is 123 cm³/mol. The van der Waals surface area contributed by atoms with Gasteiger partial charge in [0.25, 0.3) is 0 Å². The first kappa shape index (κ1) is 20.9. The summed E-state index contributed by atoms with van der Waals surface area (Å²) in [7, 11) is 0. The maximum Gasteiger partial charge on any atom is 0.309 e. The van der Waals surface area contributed by atoms with Crippen molar-refractivity contribution < 1.29 is 14.3 Å². The van der Waals surface area contributed by atoms with Crippen molar-refractivity contribution in [3.05, 3.63) is 94.8 Å². The topological polar surface area (TPSA) is 52.6 Å². The zero-order valence-corrected chi connectivity index (χ0v) is 18.3. The number of likely N-dealkylation sites (tertiary alicyclic amines) is 1. The van der Waals surface area contributed by atoms with Gasteiger partial charge in [-0.2, -0.15) is 0 Å². The molecule has 0 amide bonds. The van der Waals surface area contributed by atoms with E-state index in [9.17, 15) is 14.3 Å². The van der Waals surface area contributed by atoms with Gasteiger partial charge in [0.05, 0.1) is 12.0 Å². The molecule has 1 heterocycles. The van der Waals surface area contributed by atoms with Gasteiger partial charge in [-0.25, -0.2) is 4.39 Å². The number of carboxylic acids is 1. The van der Waals surface area contributed by atoms with Crippen LogP contribution in [0, 0.1) is 11.7 Å². The van der Waals surface area contributed by atoms with Gasteiger partial charge < -0.3 is 10.4 Å². The van der Waals surface area contributed by atoms with Crippen molar-refractivity contribution in [2.45, 2.75) is 32.0 Å². The molecule has 2 N–H and O–H groups in total. The third-order valence-electron chi connectivity index (χ3n) is 6.94. The van der Waals surface area contributed by atoms with Gasteiger partial charge in [-0.3, -0.25) is 9.69 Å². The number of halogens is 1. The van der Waals surface area contributed by atoms with Crippen molar-refractivity contribution in [1.29, 1.82) is 0 Å². The lowest BCUT2D eigenvalue weighted by Crippen LogP contribution is -2.54. The largest absolute Gasteiger partial charge is 0.481 e. The van der Waals surface area contributed by atoms with Gasteiger partial charge in [0.2, 0.25) is 0 Å². The summed E-state index contributed by atoms with van der Waals surface area (Å²) in [6.45, 7) is 6.08. The number of carboxylic acid groups (broad SMARTS) is 1. The number of aliphatic carboxylic acids is 1. The third-order valence-corrected chi connectivity index (χ3v) is 6.94. The summed E-state index contributed by atoms with van der Waals surface area (Å²) in [5.41, 5.74) is 6.94. The van der Waals surface area contributed by atoms with E-state index in [0.29, 0.717) is 19.6 Å². The van der Waals surface area contributed by atoms with E-state index < -0.39 is 5.97 Å². The molecule has 1 saturated heterocycles. The summed E-state index contributed by atoms with van der Waals surface area (Å²) in [6, 6.07) is 21.5. The molecule has 164 valence electrons. The fraction of sp³-hybridized carbons (Fsp3) is 0.296. The van der Waals surface area contributed by atoms with Crippen LogP contribution in [-0.4, -0.2) is 29.1 Å². The molecule has 32 heavy (non-hydrogen) atoms. The quantitative estimate of drug-likeness (QED) is 0.558. The monoisotopic (exact) mass is 430 g/mol. The van der Waals surface area contributed by atoms with Crippen molar-refractivity contribution in [2.75, 3.05) is 13.1 Å². The highest BCUT2D eigenvalue weighted by Crippen LogP contribution is 2.50.